The van der Waals surface area contributed by atoms with E-state index in [0.717, 1.165) is 38.4 Å². The molecule has 1 unspecified atom stereocenters. The number of likely N-dealkylation sites (tertiary alicyclic amines) is 1. The van der Waals surface area contributed by atoms with Crippen LogP contribution in [-0.2, 0) is 25.6 Å². The van der Waals surface area contributed by atoms with E-state index in [1.54, 1.807) is 12.1 Å². The fraction of sp³-hybridized carbons (Fsp3) is 0.407. The van der Waals surface area contributed by atoms with Gasteiger partial charge in [0.05, 0.1) is 7.11 Å². The molecular weight excluding hydrogens is 476 g/mol. The molecule has 10 heteroatoms. The highest BCUT2D eigenvalue weighted by Gasteiger charge is 2.38. The zero-order valence-corrected chi connectivity index (χ0v) is 20.9. The largest absolute Gasteiger partial charge is 0.456 e. The van der Waals surface area contributed by atoms with Crippen molar-refractivity contribution >= 4 is 29.4 Å². The van der Waals surface area contributed by atoms with E-state index in [-0.39, 0.29) is 12.3 Å². The Morgan fingerprint density at radius 1 is 0.919 bits per heavy atom. The van der Waals surface area contributed by atoms with Crippen molar-refractivity contribution in [3.63, 3.8) is 0 Å². The van der Waals surface area contributed by atoms with E-state index in [0.29, 0.717) is 18.5 Å². The molecular formula is C27H32N4O6. The Kier molecular flexibility index (Phi) is 8.73. The number of anilines is 1. The van der Waals surface area contributed by atoms with Crippen LogP contribution in [0.2, 0.25) is 0 Å². The number of methoxy groups -OCH3 is 1. The summed E-state index contributed by atoms with van der Waals surface area (Å²) in [6.45, 7) is 4.40. The minimum absolute atomic E-state index is 0.274. The zero-order valence-electron chi connectivity index (χ0n) is 20.9. The number of amides is 2. The first-order valence-corrected chi connectivity index (χ1v) is 12.4. The van der Waals surface area contributed by atoms with Gasteiger partial charge in [0.15, 0.2) is 12.4 Å². The Labute approximate surface area is 216 Å². The number of hydrogen-bond donors (Lipinski definition) is 1. The Morgan fingerprint density at radius 3 is 2.24 bits per heavy atom. The smallest absolute Gasteiger partial charge is 0.407 e. The van der Waals surface area contributed by atoms with E-state index >= 15 is 0 Å². The lowest BCUT2D eigenvalue weighted by atomic mass is 10.0. The summed E-state index contributed by atoms with van der Waals surface area (Å²) in [4.78, 5) is 54.3. The van der Waals surface area contributed by atoms with Crippen molar-refractivity contribution in [2.24, 2.45) is 0 Å². The summed E-state index contributed by atoms with van der Waals surface area (Å²) in [5.41, 5.74) is 2.83. The van der Waals surface area contributed by atoms with Gasteiger partial charge in [0.25, 0.3) is 0 Å². The lowest BCUT2D eigenvalue weighted by molar-refractivity contribution is -0.160. The van der Waals surface area contributed by atoms with E-state index in [9.17, 15) is 19.2 Å². The lowest BCUT2D eigenvalue weighted by Gasteiger charge is -2.38. The first-order valence-electron chi connectivity index (χ1n) is 12.4. The molecule has 2 aliphatic rings. The predicted octanol–water partition coefficient (Wildman–Crippen LogP) is 1.69. The SMILES string of the molecule is COC(=O)NCC(=O)N1CCC1C(=O)OCC(=O)c1ccc(N2CCN(Cc3ccccc3)CC2)cc1. The number of hydrogen-bond acceptors (Lipinski definition) is 8. The molecule has 0 saturated carbocycles. The second kappa shape index (κ2) is 12.4. The normalized spacial score (nSPS) is 17.5. The molecule has 0 spiro atoms. The molecule has 196 valence electrons. The molecule has 2 aromatic rings. The van der Waals surface area contributed by atoms with Gasteiger partial charge in [-0.2, -0.15) is 0 Å². The van der Waals surface area contributed by atoms with Gasteiger partial charge < -0.3 is 24.6 Å². The average molecular weight is 509 g/mol. The molecule has 2 aromatic carbocycles. The van der Waals surface area contributed by atoms with Gasteiger partial charge in [0.1, 0.15) is 12.6 Å². The van der Waals surface area contributed by atoms with Gasteiger partial charge >= 0.3 is 12.1 Å². The van der Waals surface area contributed by atoms with Crippen LogP contribution in [0.25, 0.3) is 0 Å². The molecule has 4 rings (SSSR count). The molecule has 10 nitrogen and oxygen atoms in total. The second-order valence-electron chi connectivity index (χ2n) is 9.06. The molecule has 1 atom stereocenters. The molecule has 2 heterocycles. The van der Waals surface area contributed by atoms with E-state index in [4.69, 9.17) is 4.74 Å². The standard InChI is InChI=1S/C27H32N4O6/c1-36-27(35)28-17-25(33)31-12-11-23(31)26(34)37-19-24(32)21-7-9-22(10-8-21)30-15-13-29(14-16-30)18-20-5-3-2-4-6-20/h2-10,23H,11-19H2,1H3,(H,28,35). The Balaban J connectivity index is 1.20. The fourth-order valence-corrected chi connectivity index (χ4v) is 4.43. The van der Waals surface area contributed by atoms with Crippen molar-refractivity contribution in [1.29, 1.82) is 0 Å². The number of Topliss-reactive ketones (excluding diaryl/α,β-unsaturated/α-hetero) is 1. The number of rotatable bonds is 9. The third-order valence-corrected chi connectivity index (χ3v) is 6.70. The van der Waals surface area contributed by atoms with Crippen molar-refractivity contribution in [2.45, 2.75) is 19.0 Å². The van der Waals surface area contributed by atoms with Gasteiger partial charge in [0.2, 0.25) is 5.91 Å². The topological polar surface area (TPSA) is 108 Å². The number of carbonyl (C=O) groups excluding carboxylic acids is 4. The predicted molar refractivity (Wildman–Crippen MR) is 136 cm³/mol. The number of esters is 1. The summed E-state index contributed by atoms with van der Waals surface area (Å²) in [5.74, 6) is -1.35. The highest BCUT2D eigenvalue weighted by molar-refractivity contribution is 5.98. The van der Waals surface area contributed by atoms with Gasteiger partial charge in [-0.3, -0.25) is 14.5 Å². The number of nitrogens with zero attached hydrogens (tertiary/aromatic N) is 3. The van der Waals surface area contributed by atoms with E-state index in [2.05, 4.69) is 44.1 Å². The molecule has 0 radical (unpaired) electrons. The second-order valence-corrected chi connectivity index (χ2v) is 9.06. The maximum atomic E-state index is 12.6. The maximum absolute atomic E-state index is 12.6. The Morgan fingerprint density at radius 2 is 1.62 bits per heavy atom. The monoisotopic (exact) mass is 508 g/mol. The number of carbonyl (C=O) groups is 4. The lowest BCUT2D eigenvalue weighted by Crippen LogP contribution is -2.58. The van der Waals surface area contributed by atoms with Crippen LogP contribution in [-0.4, -0.2) is 92.6 Å². The Bertz CT molecular complexity index is 1100. The molecule has 37 heavy (non-hydrogen) atoms. The van der Waals surface area contributed by atoms with Gasteiger partial charge in [-0.15, -0.1) is 0 Å². The van der Waals surface area contributed by atoms with Crippen molar-refractivity contribution in [3.05, 3.63) is 65.7 Å². The van der Waals surface area contributed by atoms with Crippen LogP contribution in [0.3, 0.4) is 0 Å². The molecule has 2 aliphatic heterocycles. The van der Waals surface area contributed by atoms with Crippen molar-refractivity contribution < 1.29 is 28.7 Å². The first-order chi connectivity index (χ1) is 17.9. The van der Waals surface area contributed by atoms with Crippen LogP contribution in [0.15, 0.2) is 54.6 Å². The van der Waals surface area contributed by atoms with Gasteiger partial charge in [0, 0.05) is 50.5 Å². The Hall–Kier alpha value is -3.92. The molecule has 1 N–H and O–H groups in total. The van der Waals surface area contributed by atoms with Crippen molar-refractivity contribution in [3.8, 4) is 0 Å². The minimum Gasteiger partial charge on any atom is -0.456 e. The maximum Gasteiger partial charge on any atom is 0.407 e. The van der Waals surface area contributed by atoms with Crippen LogP contribution >= 0.6 is 0 Å². The summed E-state index contributed by atoms with van der Waals surface area (Å²) in [5, 5.41) is 2.29. The van der Waals surface area contributed by atoms with Crippen LogP contribution in [0, 0.1) is 0 Å². The number of alkyl carbamates (subject to hydrolysis) is 1. The fourth-order valence-electron chi connectivity index (χ4n) is 4.43. The van der Waals surface area contributed by atoms with Crippen molar-refractivity contribution in [1.82, 2.24) is 15.1 Å². The number of nitrogens with one attached hydrogen (secondary N) is 1. The van der Waals surface area contributed by atoms with E-state index in [1.165, 1.54) is 17.6 Å². The van der Waals surface area contributed by atoms with Crippen molar-refractivity contribution in [2.75, 3.05) is 57.9 Å². The molecule has 2 saturated heterocycles. The summed E-state index contributed by atoms with van der Waals surface area (Å²) >= 11 is 0. The molecule has 0 aliphatic carbocycles. The number of ether oxygens (including phenoxy) is 2. The number of piperazine rings is 1. The quantitative estimate of drug-likeness (QED) is 0.403. The summed E-state index contributed by atoms with van der Waals surface area (Å²) in [6, 6.07) is 17.0. The van der Waals surface area contributed by atoms with Gasteiger partial charge in [-0.25, -0.2) is 9.59 Å². The average Bonchev–Trinajstić information content (AvgIpc) is 2.91. The molecule has 2 amide bonds. The van der Waals surface area contributed by atoms with Crippen LogP contribution < -0.4 is 10.2 Å². The first kappa shape index (κ1) is 26.2. The van der Waals surface area contributed by atoms with Crippen LogP contribution in [0.4, 0.5) is 10.5 Å². The van der Waals surface area contributed by atoms with E-state index < -0.39 is 30.6 Å². The third-order valence-electron chi connectivity index (χ3n) is 6.70. The number of ketones is 1. The third kappa shape index (κ3) is 6.85. The van der Waals surface area contributed by atoms with Crippen LogP contribution in [0.5, 0.6) is 0 Å². The highest BCUT2D eigenvalue weighted by Crippen LogP contribution is 2.20. The van der Waals surface area contributed by atoms with E-state index in [1.807, 2.05) is 18.2 Å². The minimum atomic E-state index is -0.748. The summed E-state index contributed by atoms with van der Waals surface area (Å²) < 4.78 is 9.61. The zero-order chi connectivity index (χ0) is 26.2. The molecule has 0 aromatic heterocycles. The van der Waals surface area contributed by atoms with Gasteiger partial charge in [-0.1, -0.05) is 30.3 Å². The summed E-state index contributed by atoms with van der Waals surface area (Å²) in [6.07, 6.45) is -0.278. The molecule has 0 bridgehead atoms. The molecule has 2 fully saturated rings. The summed E-state index contributed by atoms with van der Waals surface area (Å²) in [7, 11) is 1.20. The number of benzene rings is 2. The van der Waals surface area contributed by atoms with Crippen LogP contribution in [0.1, 0.15) is 22.3 Å². The highest BCUT2D eigenvalue weighted by atomic mass is 16.5. The van der Waals surface area contributed by atoms with Gasteiger partial charge in [-0.05, 0) is 36.2 Å².